The van der Waals surface area contributed by atoms with Crippen LogP contribution in [0.2, 0.25) is 0 Å². The first-order valence-corrected chi connectivity index (χ1v) is 10.2. The van der Waals surface area contributed by atoms with Gasteiger partial charge < -0.3 is 14.4 Å². The van der Waals surface area contributed by atoms with Crippen LogP contribution in [0, 0.1) is 0 Å². The number of fused-ring (bicyclic) bond motifs is 2. The van der Waals surface area contributed by atoms with Crippen molar-refractivity contribution < 1.29 is 14.3 Å². The van der Waals surface area contributed by atoms with Gasteiger partial charge >= 0.3 is 0 Å². The van der Waals surface area contributed by atoms with E-state index in [2.05, 4.69) is 15.9 Å². The standard InChI is InChI=1S/C24H16BrNO4/c25-16-8-11-19-18(12-16)22(28)20-21(15-6-9-17(27)10-7-15)26(24(29)23(20)30-19)13-14-4-2-1-3-5-14/h1-12,21,27H,13H2. The van der Waals surface area contributed by atoms with Gasteiger partial charge in [0.25, 0.3) is 5.91 Å². The van der Waals surface area contributed by atoms with Gasteiger partial charge in [0.15, 0.2) is 5.43 Å². The Kier molecular flexibility index (Phi) is 4.44. The highest BCUT2D eigenvalue weighted by Gasteiger charge is 2.42. The number of hydrogen-bond acceptors (Lipinski definition) is 4. The predicted molar refractivity (Wildman–Crippen MR) is 116 cm³/mol. The minimum absolute atomic E-state index is 0.0730. The Morgan fingerprint density at radius 2 is 1.70 bits per heavy atom. The summed E-state index contributed by atoms with van der Waals surface area (Å²) in [5.74, 6) is -0.134. The molecule has 5 rings (SSSR count). The highest BCUT2D eigenvalue weighted by molar-refractivity contribution is 9.10. The van der Waals surface area contributed by atoms with Gasteiger partial charge in [-0.25, -0.2) is 0 Å². The van der Waals surface area contributed by atoms with E-state index in [1.54, 1.807) is 47.4 Å². The lowest BCUT2D eigenvalue weighted by molar-refractivity contribution is 0.0714. The number of amides is 1. The van der Waals surface area contributed by atoms with Crippen molar-refractivity contribution in [2.24, 2.45) is 0 Å². The molecule has 1 unspecified atom stereocenters. The Morgan fingerprint density at radius 1 is 0.967 bits per heavy atom. The number of carbonyl (C=O) groups is 1. The molecule has 0 bridgehead atoms. The van der Waals surface area contributed by atoms with Crippen molar-refractivity contribution in [3.8, 4) is 5.75 Å². The van der Waals surface area contributed by atoms with Gasteiger partial charge in [0.1, 0.15) is 11.3 Å². The largest absolute Gasteiger partial charge is 0.508 e. The first-order valence-electron chi connectivity index (χ1n) is 9.43. The molecule has 5 nitrogen and oxygen atoms in total. The number of nitrogens with zero attached hydrogens (tertiary/aromatic N) is 1. The van der Waals surface area contributed by atoms with Crippen molar-refractivity contribution in [1.82, 2.24) is 4.90 Å². The molecule has 1 N–H and O–H groups in total. The Bertz CT molecular complexity index is 1330. The second kappa shape index (κ2) is 7.15. The maximum atomic E-state index is 13.5. The van der Waals surface area contributed by atoms with Crippen LogP contribution < -0.4 is 5.43 Å². The van der Waals surface area contributed by atoms with Crippen molar-refractivity contribution in [2.75, 3.05) is 0 Å². The van der Waals surface area contributed by atoms with Gasteiger partial charge in [-0.05, 0) is 41.5 Å². The molecule has 0 saturated carbocycles. The fraction of sp³-hybridized carbons (Fsp3) is 0.0833. The quantitative estimate of drug-likeness (QED) is 0.465. The third kappa shape index (κ3) is 3.00. The van der Waals surface area contributed by atoms with Crippen LogP contribution in [0.3, 0.4) is 0 Å². The van der Waals surface area contributed by atoms with E-state index in [1.807, 2.05) is 30.3 Å². The van der Waals surface area contributed by atoms with Crippen molar-refractivity contribution in [2.45, 2.75) is 12.6 Å². The molecular formula is C24H16BrNO4. The van der Waals surface area contributed by atoms with Crippen LogP contribution >= 0.6 is 15.9 Å². The summed E-state index contributed by atoms with van der Waals surface area (Å²) in [6, 6.07) is 20.7. The van der Waals surface area contributed by atoms with Crippen LogP contribution in [0.1, 0.15) is 33.3 Å². The summed E-state index contributed by atoms with van der Waals surface area (Å²) in [7, 11) is 0. The molecule has 148 valence electrons. The van der Waals surface area contributed by atoms with Crippen molar-refractivity contribution in [3.63, 3.8) is 0 Å². The smallest absolute Gasteiger partial charge is 0.291 e. The number of phenols is 1. The normalized spacial score (nSPS) is 15.6. The van der Waals surface area contributed by atoms with E-state index in [0.717, 1.165) is 15.6 Å². The van der Waals surface area contributed by atoms with E-state index in [1.165, 1.54) is 0 Å². The molecule has 0 spiro atoms. The summed E-state index contributed by atoms with van der Waals surface area (Å²) < 4.78 is 6.69. The number of carbonyl (C=O) groups excluding carboxylic acids is 1. The molecule has 2 heterocycles. The molecule has 0 fully saturated rings. The van der Waals surface area contributed by atoms with Crippen molar-refractivity contribution >= 4 is 32.8 Å². The molecule has 4 aromatic rings. The van der Waals surface area contributed by atoms with E-state index in [0.29, 0.717) is 23.1 Å². The van der Waals surface area contributed by atoms with Crippen molar-refractivity contribution in [3.05, 3.63) is 110 Å². The number of hydrogen-bond donors (Lipinski definition) is 1. The van der Waals surface area contributed by atoms with Crippen LogP contribution in [-0.4, -0.2) is 15.9 Å². The molecule has 6 heteroatoms. The topological polar surface area (TPSA) is 70.8 Å². The lowest BCUT2D eigenvalue weighted by atomic mass is 9.98. The van der Waals surface area contributed by atoms with Gasteiger partial charge in [-0.1, -0.05) is 58.4 Å². The Hall–Kier alpha value is -3.38. The number of rotatable bonds is 3. The maximum Gasteiger partial charge on any atom is 0.291 e. The molecule has 0 saturated heterocycles. The zero-order valence-corrected chi connectivity index (χ0v) is 17.3. The third-order valence-corrected chi connectivity index (χ3v) is 5.83. The first-order chi connectivity index (χ1) is 14.5. The van der Waals surface area contributed by atoms with E-state index in [9.17, 15) is 14.7 Å². The minimum Gasteiger partial charge on any atom is -0.508 e. The van der Waals surface area contributed by atoms with Crippen molar-refractivity contribution in [1.29, 1.82) is 0 Å². The molecule has 1 aliphatic heterocycles. The van der Waals surface area contributed by atoms with Gasteiger partial charge in [-0.2, -0.15) is 0 Å². The molecule has 0 aliphatic carbocycles. The summed E-state index contributed by atoms with van der Waals surface area (Å²) in [4.78, 5) is 28.5. The second-order valence-electron chi connectivity index (χ2n) is 7.23. The van der Waals surface area contributed by atoms with E-state index in [4.69, 9.17) is 4.42 Å². The van der Waals surface area contributed by atoms with Crippen LogP contribution in [0.4, 0.5) is 0 Å². The molecule has 3 aromatic carbocycles. The fourth-order valence-electron chi connectivity index (χ4n) is 3.94. The summed E-state index contributed by atoms with van der Waals surface area (Å²) in [5.41, 5.74) is 2.16. The first kappa shape index (κ1) is 18.6. The van der Waals surface area contributed by atoms with Gasteiger partial charge in [-0.3, -0.25) is 9.59 Å². The van der Waals surface area contributed by atoms with Crippen LogP contribution in [-0.2, 0) is 6.54 Å². The van der Waals surface area contributed by atoms with Crippen LogP contribution in [0.15, 0.2) is 86.5 Å². The monoisotopic (exact) mass is 461 g/mol. The number of aromatic hydroxyl groups is 1. The predicted octanol–water partition coefficient (Wildman–Crippen LogP) is 5.01. The Labute approximate surface area is 180 Å². The number of benzene rings is 3. The molecule has 0 radical (unpaired) electrons. The molecule has 30 heavy (non-hydrogen) atoms. The minimum atomic E-state index is -0.604. The Morgan fingerprint density at radius 3 is 2.43 bits per heavy atom. The molecule has 1 aromatic heterocycles. The third-order valence-electron chi connectivity index (χ3n) is 5.33. The highest BCUT2D eigenvalue weighted by Crippen LogP contribution is 2.39. The number of halogens is 1. The Balaban J connectivity index is 1.74. The zero-order chi connectivity index (χ0) is 20.8. The fourth-order valence-corrected chi connectivity index (χ4v) is 4.30. The summed E-state index contributed by atoms with van der Waals surface area (Å²) in [6.45, 7) is 0.328. The average Bonchev–Trinajstić information content (AvgIpc) is 3.02. The summed E-state index contributed by atoms with van der Waals surface area (Å²) >= 11 is 3.40. The molecular weight excluding hydrogens is 446 g/mol. The van der Waals surface area contributed by atoms with Crippen LogP contribution in [0.25, 0.3) is 11.0 Å². The zero-order valence-electron chi connectivity index (χ0n) is 15.7. The average molecular weight is 462 g/mol. The summed E-state index contributed by atoms with van der Waals surface area (Å²) in [6.07, 6.45) is 0. The van der Waals surface area contributed by atoms with E-state index >= 15 is 0 Å². The van der Waals surface area contributed by atoms with Gasteiger partial charge in [0.2, 0.25) is 5.76 Å². The molecule has 1 atom stereocenters. The molecule has 1 amide bonds. The lowest BCUT2D eigenvalue weighted by Crippen LogP contribution is -2.29. The van der Waals surface area contributed by atoms with Crippen LogP contribution in [0.5, 0.6) is 5.75 Å². The second-order valence-corrected chi connectivity index (χ2v) is 8.14. The van der Waals surface area contributed by atoms with Gasteiger partial charge in [-0.15, -0.1) is 0 Å². The molecule has 1 aliphatic rings. The summed E-state index contributed by atoms with van der Waals surface area (Å²) in [5, 5.41) is 10.1. The van der Waals surface area contributed by atoms with Gasteiger partial charge in [0, 0.05) is 11.0 Å². The lowest BCUT2D eigenvalue weighted by Gasteiger charge is -2.25. The SMILES string of the molecule is O=C1c2oc3ccc(Br)cc3c(=O)c2C(c2ccc(O)cc2)N1Cc1ccccc1. The highest BCUT2D eigenvalue weighted by atomic mass is 79.9. The van der Waals surface area contributed by atoms with E-state index < -0.39 is 6.04 Å². The van der Waals surface area contributed by atoms with Gasteiger partial charge in [0.05, 0.1) is 17.0 Å². The number of phenolic OH excluding ortho intramolecular Hbond substituents is 1. The van der Waals surface area contributed by atoms with E-state index in [-0.39, 0.29) is 22.8 Å². The maximum absolute atomic E-state index is 13.5.